The van der Waals surface area contributed by atoms with E-state index in [1.807, 2.05) is 24.3 Å². The molecule has 30 heavy (non-hydrogen) atoms. The Balaban J connectivity index is 1.49. The van der Waals surface area contributed by atoms with E-state index in [9.17, 15) is 18.0 Å². The van der Waals surface area contributed by atoms with Gasteiger partial charge in [0.2, 0.25) is 0 Å². The molecular formula is C23H19F3N2O2. The van der Waals surface area contributed by atoms with E-state index in [1.165, 1.54) is 18.3 Å². The number of benzene rings is 2. The largest absolute Gasteiger partial charge is 0.478 e. The third kappa shape index (κ3) is 4.45. The zero-order chi connectivity index (χ0) is 21.3. The standard InChI is InChI=1S/C23H19F3N2O2/c24-23(25,26)19-8-5-17(6-9-19)16-3-1-15(2-4-16)14-28(20-10-11-20)21-12-7-18(13-27-21)22(29)30/h1-9,12-13,20H,10-11,14H2,(H,29,30). The Hall–Kier alpha value is -3.35. The Morgan fingerprint density at radius 1 is 0.967 bits per heavy atom. The highest BCUT2D eigenvalue weighted by Gasteiger charge is 2.31. The second-order valence-corrected chi connectivity index (χ2v) is 7.34. The lowest BCUT2D eigenvalue weighted by Crippen LogP contribution is -2.26. The summed E-state index contributed by atoms with van der Waals surface area (Å²) in [7, 11) is 0. The van der Waals surface area contributed by atoms with Gasteiger partial charge in [0.1, 0.15) is 5.82 Å². The minimum Gasteiger partial charge on any atom is -0.478 e. The molecule has 1 heterocycles. The fourth-order valence-electron chi connectivity index (χ4n) is 3.32. The summed E-state index contributed by atoms with van der Waals surface area (Å²) < 4.78 is 38.2. The molecule has 0 aliphatic heterocycles. The minimum absolute atomic E-state index is 0.149. The molecule has 154 valence electrons. The number of carboxylic acid groups (broad SMARTS) is 1. The molecule has 0 atom stereocenters. The van der Waals surface area contributed by atoms with E-state index in [4.69, 9.17) is 5.11 Å². The highest BCUT2D eigenvalue weighted by atomic mass is 19.4. The molecule has 7 heteroatoms. The second-order valence-electron chi connectivity index (χ2n) is 7.34. The molecule has 4 nitrogen and oxygen atoms in total. The summed E-state index contributed by atoms with van der Waals surface area (Å²) in [6, 6.07) is 16.5. The van der Waals surface area contributed by atoms with Crippen LogP contribution in [0, 0.1) is 0 Å². The molecular weight excluding hydrogens is 393 g/mol. The summed E-state index contributed by atoms with van der Waals surface area (Å²) in [4.78, 5) is 17.5. The number of rotatable bonds is 6. The average Bonchev–Trinajstić information content (AvgIpc) is 3.57. The number of hydrogen-bond donors (Lipinski definition) is 1. The first-order chi connectivity index (χ1) is 14.3. The molecule has 4 rings (SSSR count). The molecule has 1 N–H and O–H groups in total. The van der Waals surface area contributed by atoms with Crippen molar-refractivity contribution in [2.45, 2.75) is 31.6 Å². The fraction of sp³-hybridized carbons (Fsp3) is 0.217. The van der Waals surface area contributed by atoms with Crippen molar-refractivity contribution in [2.24, 2.45) is 0 Å². The van der Waals surface area contributed by atoms with Crippen LogP contribution in [0.1, 0.15) is 34.3 Å². The lowest BCUT2D eigenvalue weighted by Gasteiger charge is -2.24. The summed E-state index contributed by atoms with van der Waals surface area (Å²) >= 11 is 0. The van der Waals surface area contributed by atoms with Gasteiger partial charge in [0.15, 0.2) is 0 Å². The van der Waals surface area contributed by atoms with Crippen LogP contribution in [-0.2, 0) is 12.7 Å². The van der Waals surface area contributed by atoms with Crippen molar-refractivity contribution in [3.63, 3.8) is 0 Å². The number of nitrogens with zero attached hydrogens (tertiary/aromatic N) is 2. The molecule has 0 saturated heterocycles. The number of aromatic carboxylic acids is 1. The molecule has 0 bridgehead atoms. The summed E-state index contributed by atoms with van der Waals surface area (Å²) in [6.45, 7) is 0.622. The minimum atomic E-state index is -4.34. The van der Waals surface area contributed by atoms with Crippen LogP contribution in [0.3, 0.4) is 0 Å². The van der Waals surface area contributed by atoms with Crippen LogP contribution in [0.15, 0.2) is 66.9 Å². The summed E-state index contributed by atoms with van der Waals surface area (Å²) in [5.41, 5.74) is 2.09. The molecule has 1 aliphatic carbocycles. The Morgan fingerprint density at radius 3 is 2.03 bits per heavy atom. The van der Waals surface area contributed by atoms with Crippen LogP contribution in [0.25, 0.3) is 11.1 Å². The second kappa shape index (κ2) is 7.82. The number of halogens is 3. The molecule has 0 spiro atoms. The highest BCUT2D eigenvalue weighted by molar-refractivity contribution is 5.87. The van der Waals surface area contributed by atoms with E-state index < -0.39 is 17.7 Å². The van der Waals surface area contributed by atoms with E-state index in [2.05, 4.69) is 9.88 Å². The third-order valence-electron chi connectivity index (χ3n) is 5.13. The van der Waals surface area contributed by atoms with Crippen LogP contribution in [-0.4, -0.2) is 22.1 Å². The first kappa shape index (κ1) is 19.9. The predicted octanol–water partition coefficient (Wildman–Crippen LogP) is 5.63. The fourth-order valence-corrected chi connectivity index (χ4v) is 3.32. The Kier molecular flexibility index (Phi) is 5.20. The molecule has 1 aromatic heterocycles. The number of carbonyl (C=O) groups is 1. The molecule has 1 fully saturated rings. The predicted molar refractivity (Wildman–Crippen MR) is 107 cm³/mol. The van der Waals surface area contributed by atoms with Crippen LogP contribution >= 0.6 is 0 Å². The van der Waals surface area contributed by atoms with Crippen molar-refractivity contribution < 1.29 is 23.1 Å². The topological polar surface area (TPSA) is 53.4 Å². The Labute approximate surface area is 171 Å². The first-order valence-electron chi connectivity index (χ1n) is 9.54. The van der Waals surface area contributed by atoms with Crippen molar-refractivity contribution in [2.75, 3.05) is 4.90 Å². The van der Waals surface area contributed by atoms with Crippen LogP contribution in [0.4, 0.5) is 19.0 Å². The zero-order valence-electron chi connectivity index (χ0n) is 15.9. The third-order valence-corrected chi connectivity index (χ3v) is 5.13. The summed E-state index contributed by atoms with van der Waals surface area (Å²) in [5, 5.41) is 9.04. The van der Waals surface area contributed by atoms with Crippen molar-refractivity contribution in [3.05, 3.63) is 83.6 Å². The maximum absolute atomic E-state index is 12.7. The maximum atomic E-state index is 12.7. The molecule has 0 unspecified atom stereocenters. The zero-order valence-corrected chi connectivity index (χ0v) is 15.9. The normalized spacial score (nSPS) is 13.8. The lowest BCUT2D eigenvalue weighted by atomic mass is 10.0. The Bertz CT molecular complexity index is 1030. The molecule has 2 aromatic carbocycles. The Morgan fingerprint density at radius 2 is 1.57 bits per heavy atom. The van der Waals surface area contributed by atoms with Crippen LogP contribution in [0.2, 0.25) is 0 Å². The van der Waals surface area contributed by atoms with E-state index in [0.717, 1.165) is 47.5 Å². The summed E-state index contributed by atoms with van der Waals surface area (Å²) in [6.07, 6.45) is -0.857. The van der Waals surface area contributed by atoms with Gasteiger partial charge in [-0.25, -0.2) is 9.78 Å². The smallest absolute Gasteiger partial charge is 0.416 e. The summed E-state index contributed by atoms with van der Waals surface area (Å²) in [5.74, 6) is -0.278. The number of anilines is 1. The average molecular weight is 412 g/mol. The van der Waals surface area contributed by atoms with Gasteiger partial charge < -0.3 is 10.0 Å². The van der Waals surface area contributed by atoms with Gasteiger partial charge in [-0.2, -0.15) is 13.2 Å². The van der Waals surface area contributed by atoms with Crippen molar-refractivity contribution in [3.8, 4) is 11.1 Å². The van der Waals surface area contributed by atoms with Gasteiger partial charge in [0.05, 0.1) is 11.1 Å². The number of carboxylic acids is 1. The number of aromatic nitrogens is 1. The van der Waals surface area contributed by atoms with Crippen molar-refractivity contribution in [1.29, 1.82) is 0 Å². The van der Waals surface area contributed by atoms with E-state index in [-0.39, 0.29) is 5.56 Å². The van der Waals surface area contributed by atoms with Gasteiger partial charge in [-0.15, -0.1) is 0 Å². The number of alkyl halides is 3. The SMILES string of the molecule is O=C(O)c1ccc(N(Cc2ccc(-c3ccc(C(F)(F)F)cc3)cc2)C2CC2)nc1. The molecule has 1 saturated carbocycles. The van der Waals surface area contributed by atoms with Gasteiger partial charge in [-0.3, -0.25) is 0 Å². The van der Waals surface area contributed by atoms with Gasteiger partial charge in [-0.1, -0.05) is 36.4 Å². The quantitative estimate of drug-likeness (QED) is 0.570. The van der Waals surface area contributed by atoms with Crippen molar-refractivity contribution in [1.82, 2.24) is 4.98 Å². The lowest BCUT2D eigenvalue weighted by molar-refractivity contribution is -0.137. The van der Waals surface area contributed by atoms with E-state index in [0.29, 0.717) is 12.6 Å². The monoisotopic (exact) mass is 412 g/mol. The number of pyridine rings is 1. The molecule has 0 amide bonds. The molecule has 0 radical (unpaired) electrons. The van der Waals surface area contributed by atoms with E-state index >= 15 is 0 Å². The van der Waals surface area contributed by atoms with Crippen LogP contribution in [0.5, 0.6) is 0 Å². The maximum Gasteiger partial charge on any atom is 0.416 e. The molecule has 1 aliphatic rings. The first-order valence-corrected chi connectivity index (χ1v) is 9.54. The van der Waals surface area contributed by atoms with Gasteiger partial charge in [-0.05, 0) is 53.8 Å². The van der Waals surface area contributed by atoms with Gasteiger partial charge in [0.25, 0.3) is 0 Å². The van der Waals surface area contributed by atoms with Crippen molar-refractivity contribution >= 4 is 11.8 Å². The number of hydrogen-bond acceptors (Lipinski definition) is 3. The van der Waals surface area contributed by atoms with Gasteiger partial charge >= 0.3 is 12.1 Å². The highest BCUT2D eigenvalue weighted by Crippen LogP contribution is 2.33. The van der Waals surface area contributed by atoms with Gasteiger partial charge in [0, 0.05) is 18.8 Å². The van der Waals surface area contributed by atoms with Crippen LogP contribution < -0.4 is 4.90 Å². The van der Waals surface area contributed by atoms with E-state index in [1.54, 1.807) is 12.1 Å². The molecule has 3 aromatic rings.